The number of halogens is 1. The number of hydrogen-bond donors (Lipinski definition) is 0. The SMILES string of the molecule is CC(Sc1nnc(-c2ccccc2Cl)n1C)C(=O)N1CCCc2ccccc21. The number of carbonyl (C=O) groups is 1. The summed E-state index contributed by atoms with van der Waals surface area (Å²) in [5, 5.41) is 9.64. The minimum atomic E-state index is -0.270. The first-order chi connectivity index (χ1) is 13.6. The normalized spacial score (nSPS) is 14.6. The van der Waals surface area contributed by atoms with Crippen molar-refractivity contribution in [2.24, 2.45) is 7.05 Å². The molecule has 3 aromatic rings. The predicted octanol–water partition coefficient (Wildman–Crippen LogP) is 4.60. The molecule has 0 bridgehead atoms. The van der Waals surface area contributed by atoms with Crippen LogP contribution in [0.4, 0.5) is 5.69 Å². The molecule has 7 heteroatoms. The maximum absolute atomic E-state index is 13.1. The first-order valence-electron chi connectivity index (χ1n) is 9.26. The van der Waals surface area contributed by atoms with Gasteiger partial charge in [-0.1, -0.05) is 53.7 Å². The predicted molar refractivity (Wildman–Crippen MR) is 114 cm³/mol. The van der Waals surface area contributed by atoms with E-state index < -0.39 is 0 Å². The molecule has 1 aliphatic heterocycles. The van der Waals surface area contributed by atoms with Gasteiger partial charge in [-0.25, -0.2) is 0 Å². The fourth-order valence-electron chi connectivity index (χ4n) is 3.49. The molecule has 1 aliphatic rings. The molecule has 1 atom stereocenters. The number of para-hydroxylation sites is 1. The van der Waals surface area contributed by atoms with Crippen LogP contribution in [0.3, 0.4) is 0 Å². The third kappa shape index (κ3) is 3.54. The summed E-state index contributed by atoms with van der Waals surface area (Å²) in [7, 11) is 1.90. The summed E-state index contributed by atoms with van der Waals surface area (Å²) in [4.78, 5) is 15.0. The minimum absolute atomic E-state index is 0.0967. The lowest BCUT2D eigenvalue weighted by atomic mass is 10.0. The van der Waals surface area contributed by atoms with Crippen LogP contribution in [0.5, 0.6) is 0 Å². The number of thioether (sulfide) groups is 1. The van der Waals surface area contributed by atoms with E-state index in [1.807, 2.05) is 65.9 Å². The van der Waals surface area contributed by atoms with Crippen molar-refractivity contribution in [1.82, 2.24) is 14.8 Å². The summed E-state index contributed by atoms with van der Waals surface area (Å²) in [5.74, 6) is 0.788. The van der Waals surface area contributed by atoms with Crippen LogP contribution in [-0.4, -0.2) is 32.5 Å². The first kappa shape index (κ1) is 19.0. The molecule has 144 valence electrons. The van der Waals surface area contributed by atoms with E-state index in [0.29, 0.717) is 16.0 Å². The zero-order valence-corrected chi connectivity index (χ0v) is 17.4. The fourth-order valence-corrected chi connectivity index (χ4v) is 4.58. The van der Waals surface area contributed by atoms with Crippen LogP contribution >= 0.6 is 23.4 Å². The second-order valence-corrected chi connectivity index (χ2v) is 8.54. The zero-order valence-electron chi connectivity index (χ0n) is 15.8. The third-order valence-electron chi connectivity index (χ3n) is 4.96. The van der Waals surface area contributed by atoms with Crippen LogP contribution in [-0.2, 0) is 18.3 Å². The number of fused-ring (bicyclic) bond motifs is 1. The van der Waals surface area contributed by atoms with E-state index in [1.54, 1.807) is 0 Å². The Balaban J connectivity index is 1.54. The Kier molecular flexibility index (Phi) is 5.42. The van der Waals surface area contributed by atoms with Crippen molar-refractivity contribution in [2.45, 2.75) is 30.2 Å². The molecule has 1 amide bonds. The van der Waals surface area contributed by atoms with Crippen LogP contribution in [0.2, 0.25) is 5.02 Å². The van der Waals surface area contributed by atoms with Gasteiger partial charge in [0.2, 0.25) is 5.91 Å². The molecule has 0 spiro atoms. The van der Waals surface area contributed by atoms with E-state index in [9.17, 15) is 4.79 Å². The van der Waals surface area contributed by atoms with E-state index >= 15 is 0 Å². The zero-order chi connectivity index (χ0) is 19.7. The van der Waals surface area contributed by atoms with Crippen molar-refractivity contribution in [3.63, 3.8) is 0 Å². The molecule has 0 radical (unpaired) electrons. The van der Waals surface area contributed by atoms with Gasteiger partial charge in [0.1, 0.15) is 0 Å². The number of hydrogen-bond acceptors (Lipinski definition) is 4. The molecule has 0 saturated carbocycles. The van der Waals surface area contributed by atoms with Crippen LogP contribution < -0.4 is 4.90 Å². The summed E-state index contributed by atoms with van der Waals surface area (Å²) < 4.78 is 1.89. The van der Waals surface area contributed by atoms with Gasteiger partial charge in [0.15, 0.2) is 11.0 Å². The maximum atomic E-state index is 13.1. The molecule has 0 N–H and O–H groups in total. The number of rotatable bonds is 4. The molecular formula is C21H21ClN4OS. The number of carbonyl (C=O) groups excluding carboxylic acids is 1. The second kappa shape index (κ2) is 7.97. The summed E-state index contributed by atoms with van der Waals surface area (Å²) in [6, 6.07) is 15.7. The Morgan fingerprint density at radius 2 is 1.89 bits per heavy atom. The molecule has 1 unspecified atom stereocenters. The Morgan fingerprint density at radius 1 is 1.14 bits per heavy atom. The Labute approximate surface area is 173 Å². The lowest BCUT2D eigenvalue weighted by Gasteiger charge is -2.31. The molecule has 2 heterocycles. The highest BCUT2D eigenvalue weighted by Gasteiger charge is 2.28. The quantitative estimate of drug-likeness (QED) is 0.588. The van der Waals surface area contributed by atoms with Gasteiger partial charge in [0.25, 0.3) is 0 Å². The molecular weight excluding hydrogens is 392 g/mol. The van der Waals surface area contributed by atoms with Crippen molar-refractivity contribution in [2.75, 3.05) is 11.4 Å². The van der Waals surface area contributed by atoms with E-state index in [1.165, 1.54) is 17.3 Å². The number of amides is 1. The molecule has 4 rings (SSSR count). The number of nitrogens with zero attached hydrogens (tertiary/aromatic N) is 4. The van der Waals surface area contributed by atoms with Crippen LogP contribution in [0.25, 0.3) is 11.4 Å². The van der Waals surface area contributed by atoms with Gasteiger partial charge in [0, 0.05) is 24.8 Å². The maximum Gasteiger partial charge on any atom is 0.240 e. The number of aromatic nitrogens is 3. The average Bonchev–Trinajstić information content (AvgIpc) is 3.07. The highest BCUT2D eigenvalue weighted by molar-refractivity contribution is 8.00. The third-order valence-corrected chi connectivity index (χ3v) is 6.41. The van der Waals surface area contributed by atoms with Crippen molar-refractivity contribution in [3.8, 4) is 11.4 Å². The van der Waals surface area contributed by atoms with E-state index in [4.69, 9.17) is 11.6 Å². The van der Waals surface area contributed by atoms with Gasteiger partial charge in [-0.3, -0.25) is 4.79 Å². The molecule has 28 heavy (non-hydrogen) atoms. The number of anilines is 1. The summed E-state index contributed by atoms with van der Waals surface area (Å²) in [5.41, 5.74) is 3.09. The van der Waals surface area contributed by atoms with Gasteiger partial charge < -0.3 is 9.47 Å². The monoisotopic (exact) mass is 412 g/mol. The Morgan fingerprint density at radius 3 is 2.71 bits per heavy atom. The number of benzene rings is 2. The largest absolute Gasteiger partial charge is 0.311 e. The van der Waals surface area contributed by atoms with E-state index in [0.717, 1.165) is 30.6 Å². The second-order valence-electron chi connectivity index (χ2n) is 6.83. The highest BCUT2D eigenvalue weighted by Crippen LogP contribution is 2.32. The molecule has 5 nitrogen and oxygen atoms in total. The standard InChI is InChI=1S/C21H21ClN4OS/c1-14(20(27)26-13-7-9-15-8-3-6-12-18(15)26)28-21-24-23-19(25(21)2)16-10-4-5-11-17(16)22/h3-6,8,10-12,14H,7,9,13H2,1-2H3. The average molecular weight is 413 g/mol. The van der Waals surface area contributed by atoms with Crippen molar-refractivity contribution in [3.05, 3.63) is 59.1 Å². The molecule has 0 fully saturated rings. The lowest BCUT2D eigenvalue weighted by molar-refractivity contribution is -0.117. The van der Waals surface area contributed by atoms with Gasteiger partial charge in [-0.15, -0.1) is 10.2 Å². The summed E-state index contributed by atoms with van der Waals surface area (Å²) >= 11 is 7.72. The van der Waals surface area contributed by atoms with Gasteiger partial charge in [-0.05, 0) is 43.5 Å². The lowest BCUT2D eigenvalue weighted by Crippen LogP contribution is -2.40. The Hall–Kier alpha value is -2.31. The van der Waals surface area contributed by atoms with Crippen molar-refractivity contribution < 1.29 is 4.79 Å². The van der Waals surface area contributed by atoms with Gasteiger partial charge in [-0.2, -0.15) is 0 Å². The van der Waals surface area contributed by atoms with Crippen LogP contribution in [0.15, 0.2) is 53.7 Å². The van der Waals surface area contributed by atoms with E-state index in [2.05, 4.69) is 16.3 Å². The number of aryl methyl sites for hydroxylation is 1. The van der Waals surface area contributed by atoms with Crippen molar-refractivity contribution in [1.29, 1.82) is 0 Å². The summed E-state index contributed by atoms with van der Waals surface area (Å²) in [6.45, 7) is 2.68. The molecule has 2 aromatic carbocycles. The molecule has 1 aromatic heterocycles. The summed E-state index contributed by atoms with van der Waals surface area (Å²) in [6.07, 6.45) is 2.01. The van der Waals surface area contributed by atoms with Gasteiger partial charge >= 0.3 is 0 Å². The highest BCUT2D eigenvalue weighted by atomic mass is 35.5. The smallest absolute Gasteiger partial charge is 0.240 e. The van der Waals surface area contributed by atoms with Gasteiger partial charge in [0.05, 0.1) is 10.3 Å². The fraction of sp³-hybridized carbons (Fsp3) is 0.286. The van der Waals surface area contributed by atoms with E-state index in [-0.39, 0.29) is 11.2 Å². The Bertz CT molecular complexity index is 1020. The van der Waals surface area contributed by atoms with Crippen LogP contribution in [0, 0.1) is 0 Å². The molecule has 0 aliphatic carbocycles. The first-order valence-corrected chi connectivity index (χ1v) is 10.5. The van der Waals surface area contributed by atoms with Crippen molar-refractivity contribution >= 4 is 35.0 Å². The minimum Gasteiger partial charge on any atom is -0.311 e. The van der Waals surface area contributed by atoms with Crippen LogP contribution in [0.1, 0.15) is 18.9 Å². The molecule has 0 saturated heterocycles. The topological polar surface area (TPSA) is 51.0 Å².